The number of aromatic nitrogens is 1. The van der Waals surface area contributed by atoms with Crippen LogP contribution in [0.4, 0.5) is 0 Å². The lowest BCUT2D eigenvalue weighted by Crippen LogP contribution is -2.49. The van der Waals surface area contributed by atoms with E-state index in [1.165, 1.54) is 0 Å². The molecule has 5 rings (SSSR count). The fourth-order valence-corrected chi connectivity index (χ4v) is 5.87. The van der Waals surface area contributed by atoms with Crippen molar-refractivity contribution in [1.82, 2.24) is 9.88 Å². The second kappa shape index (κ2) is 8.94. The van der Waals surface area contributed by atoms with Gasteiger partial charge >= 0.3 is 5.97 Å². The Hall–Kier alpha value is -3.25. The van der Waals surface area contributed by atoms with Crippen LogP contribution in [-0.2, 0) is 9.53 Å². The minimum absolute atomic E-state index is 0.130. The normalized spacial score (nSPS) is 18.5. The number of likely N-dealkylation sites (tertiary alicyclic amines) is 1. The average molecular weight is 459 g/mol. The van der Waals surface area contributed by atoms with E-state index >= 15 is 0 Å². The number of nitrogens with zero attached hydrogens (tertiary/aromatic N) is 2. The molecule has 168 valence electrons. The summed E-state index contributed by atoms with van der Waals surface area (Å²) in [5, 5.41) is 2.59. The second-order valence-electron chi connectivity index (χ2n) is 8.70. The third-order valence-corrected chi connectivity index (χ3v) is 7.53. The molecule has 6 heteroatoms. The quantitative estimate of drug-likeness (QED) is 0.349. The van der Waals surface area contributed by atoms with Crippen LogP contribution in [0.3, 0.4) is 0 Å². The van der Waals surface area contributed by atoms with Gasteiger partial charge in [-0.2, -0.15) is 0 Å². The smallest absolute Gasteiger partial charge is 0.339 e. The van der Waals surface area contributed by atoms with Gasteiger partial charge in [0.25, 0.3) is 5.91 Å². The van der Waals surface area contributed by atoms with Gasteiger partial charge in [-0.15, -0.1) is 11.3 Å². The molecule has 1 amide bonds. The van der Waals surface area contributed by atoms with E-state index in [4.69, 9.17) is 9.72 Å². The van der Waals surface area contributed by atoms with Gasteiger partial charge in [-0.3, -0.25) is 4.79 Å². The third-order valence-electron chi connectivity index (χ3n) is 6.46. The molecule has 5 nitrogen and oxygen atoms in total. The van der Waals surface area contributed by atoms with Crippen LogP contribution in [0.2, 0.25) is 0 Å². The number of hydrogen-bond acceptors (Lipinski definition) is 5. The first-order valence-electron chi connectivity index (χ1n) is 11.4. The highest BCUT2D eigenvalue weighted by Gasteiger charge is 2.29. The van der Waals surface area contributed by atoms with Crippen LogP contribution in [0.5, 0.6) is 0 Å². The lowest BCUT2D eigenvalue weighted by Gasteiger charge is -2.38. The summed E-state index contributed by atoms with van der Waals surface area (Å²) in [6.07, 6.45) is 3.09. The van der Waals surface area contributed by atoms with Gasteiger partial charge in [0.2, 0.25) is 0 Å². The van der Waals surface area contributed by atoms with Crippen LogP contribution >= 0.6 is 11.3 Å². The third kappa shape index (κ3) is 4.11. The number of carbonyl (C=O) groups excluding carboxylic acids is 2. The Morgan fingerprint density at radius 1 is 1.00 bits per heavy atom. The largest absolute Gasteiger partial charge is 0.452 e. The molecular formula is C27H26N2O3S. The topological polar surface area (TPSA) is 59.5 Å². The molecule has 1 aliphatic rings. The average Bonchev–Trinajstić information content (AvgIpc) is 3.26. The van der Waals surface area contributed by atoms with E-state index in [-0.39, 0.29) is 24.6 Å². The fourth-order valence-electron chi connectivity index (χ4n) is 4.87. The maximum absolute atomic E-state index is 13.2. The molecule has 1 fully saturated rings. The van der Waals surface area contributed by atoms with Crippen LogP contribution < -0.4 is 0 Å². The molecule has 0 unspecified atom stereocenters. The number of benzene rings is 3. The predicted octanol–water partition coefficient (Wildman–Crippen LogP) is 6.06. The molecule has 2 heterocycles. The number of carbonyl (C=O) groups is 2. The van der Waals surface area contributed by atoms with Gasteiger partial charge < -0.3 is 9.64 Å². The zero-order valence-corrected chi connectivity index (χ0v) is 19.6. The summed E-state index contributed by atoms with van der Waals surface area (Å²) in [6, 6.07) is 19.9. The van der Waals surface area contributed by atoms with E-state index in [1.54, 1.807) is 17.4 Å². The number of ether oxygens (including phenoxy) is 1. The Kier molecular flexibility index (Phi) is 5.85. The zero-order chi connectivity index (χ0) is 22.9. The van der Waals surface area contributed by atoms with Crippen molar-refractivity contribution in [3.8, 4) is 10.6 Å². The van der Waals surface area contributed by atoms with E-state index in [1.807, 2.05) is 59.5 Å². The number of esters is 1. The van der Waals surface area contributed by atoms with E-state index < -0.39 is 5.97 Å². The van der Waals surface area contributed by atoms with Crippen LogP contribution in [-0.4, -0.2) is 40.5 Å². The molecule has 4 aromatic rings. The summed E-state index contributed by atoms with van der Waals surface area (Å²) in [5.41, 5.74) is 2.28. The highest BCUT2D eigenvalue weighted by molar-refractivity contribution is 7.21. The molecular weight excluding hydrogens is 432 g/mol. The molecule has 1 aromatic heterocycles. The highest BCUT2D eigenvalue weighted by Crippen LogP contribution is 2.36. The Morgan fingerprint density at radius 2 is 1.73 bits per heavy atom. The monoisotopic (exact) mass is 458 g/mol. The molecule has 1 saturated heterocycles. The fraction of sp³-hybridized carbons (Fsp3) is 0.296. The van der Waals surface area contributed by atoms with Crippen molar-refractivity contribution in [2.24, 2.45) is 0 Å². The van der Waals surface area contributed by atoms with Crippen molar-refractivity contribution in [2.45, 2.75) is 45.2 Å². The lowest BCUT2D eigenvalue weighted by atomic mass is 9.97. The van der Waals surface area contributed by atoms with Crippen molar-refractivity contribution in [3.05, 3.63) is 66.2 Å². The summed E-state index contributed by atoms with van der Waals surface area (Å²) in [7, 11) is 0. The van der Waals surface area contributed by atoms with Crippen LogP contribution in [0.15, 0.2) is 60.7 Å². The van der Waals surface area contributed by atoms with Gasteiger partial charge in [-0.05, 0) is 56.7 Å². The molecule has 0 bridgehead atoms. The number of hydrogen-bond donors (Lipinski definition) is 0. The van der Waals surface area contributed by atoms with Crippen molar-refractivity contribution >= 4 is 44.2 Å². The number of thiazole rings is 1. The van der Waals surface area contributed by atoms with Gasteiger partial charge in [-0.25, -0.2) is 9.78 Å². The Bertz CT molecular complexity index is 1300. The first-order chi connectivity index (χ1) is 16.0. The lowest BCUT2D eigenvalue weighted by molar-refractivity contribution is -0.140. The number of para-hydroxylation sites is 1. The Labute approximate surface area is 197 Å². The molecule has 3 aromatic carbocycles. The Morgan fingerprint density at radius 3 is 2.48 bits per heavy atom. The van der Waals surface area contributed by atoms with Crippen LogP contribution in [0.25, 0.3) is 31.6 Å². The number of piperidine rings is 1. The van der Waals surface area contributed by atoms with Gasteiger partial charge in [0.15, 0.2) is 6.61 Å². The standard InChI is InChI=1S/C27H26N2O3S/c1-17-8-5-9-18(2)29(17)24(30)16-32-27(31)21-13-7-11-19-10-6-12-20(25(19)21)26-28-22-14-3-4-15-23(22)33-26/h3-4,6-7,10-15,17-18H,5,8-9,16H2,1-2H3/t17-,18-/m1/s1. The second-order valence-corrected chi connectivity index (χ2v) is 9.73. The molecule has 33 heavy (non-hydrogen) atoms. The first kappa shape index (κ1) is 21.6. The van der Waals surface area contributed by atoms with Crippen LogP contribution in [0.1, 0.15) is 43.5 Å². The Balaban J connectivity index is 1.45. The molecule has 0 radical (unpaired) electrons. The van der Waals surface area contributed by atoms with Crippen molar-refractivity contribution in [1.29, 1.82) is 0 Å². The maximum Gasteiger partial charge on any atom is 0.339 e. The zero-order valence-electron chi connectivity index (χ0n) is 18.8. The molecule has 0 aliphatic carbocycles. The minimum Gasteiger partial charge on any atom is -0.452 e. The van der Waals surface area contributed by atoms with Crippen molar-refractivity contribution < 1.29 is 14.3 Å². The van der Waals surface area contributed by atoms with Crippen molar-refractivity contribution in [3.63, 3.8) is 0 Å². The minimum atomic E-state index is -0.486. The summed E-state index contributed by atoms with van der Waals surface area (Å²) >= 11 is 1.60. The van der Waals surface area contributed by atoms with E-state index in [9.17, 15) is 9.59 Å². The molecule has 1 aliphatic heterocycles. The maximum atomic E-state index is 13.2. The van der Waals surface area contributed by atoms with Gasteiger partial charge in [-0.1, -0.05) is 42.5 Å². The molecule has 0 N–H and O–H groups in total. The summed E-state index contributed by atoms with van der Waals surface area (Å²) in [5.74, 6) is -0.616. The van der Waals surface area contributed by atoms with Gasteiger partial charge in [0.1, 0.15) is 5.01 Å². The van der Waals surface area contributed by atoms with Crippen molar-refractivity contribution in [2.75, 3.05) is 6.61 Å². The highest BCUT2D eigenvalue weighted by atomic mass is 32.1. The molecule has 2 atom stereocenters. The number of amides is 1. The summed E-state index contributed by atoms with van der Waals surface area (Å²) in [6.45, 7) is 3.88. The number of rotatable bonds is 4. The molecule has 0 spiro atoms. The SMILES string of the molecule is C[C@@H]1CCC[C@@H](C)N1C(=O)COC(=O)c1cccc2cccc(-c3nc4ccccc4s3)c12. The number of fused-ring (bicyclic) bond motifs is 2. The predicted molar refractivity (Wildman–Crippen MR) is 132 cm³/mol. The molecule has 0 saturated carbocycles. The summed E-state index contributed by atoms with van der Waals surface area (Å²) in [4.78, 5) is 32.7. The first-order valence-corrected chi connectivity index (χ1v) is 12.2. The van der Waals surface area contributed by atoms with E-state index in [0.29, 0.717) is 5.56 Å². The van der Waals surface area contributed by atoms with Gasteiger partial charge in [0, 0.05) is 23.0 Å². The van der Waals surface area contributed by atoms with Crippen LogP contribution in [0, 0.1) is 0 Å². The summed E-state index contributed by atoms with van der Waals surface area (Å²) < 4.78 is 6.65. The van der Waals surface area contributed by atoms with Gasteiger partial charge in [0.05, 0.1) is 15.8 Å². The van der Waals surface area contributed by atoms with E-state index in [0.717, 1.165) is 50.8 Å². The van der Waals surface area contributed by atoms with E-state index in [2.05, 4.69) is 13.8 Å².